The molecule has 4 nitrogen and oxygen atoms in total. The number of carbonyl (C=O) groups is 1. The van der Waals surface area contributed by atoms with Crippen LogP contribution in [-0.4, -0.2) is 37.2 Å². The Kier molecular flexibility index (Phi) is 4.39. The highest BCUT2D eigenvalue weighted by molar-refractivity contribution is 9.10. The summed E-state index contributed by atoms with van der Waals surface area (Å²) in [5.41, 5.74) is 0. The first kappa shape index (κ1) is 12.4. The van der Waals surface area contributed by atoms with Crippen molar-refractivity contribution in [1.29, 1.82) is 0 Å². The minimum absolute atomic E-state index is 0.277. The molecule has 1 aliphatic rings. The molecule has 0 bridgehead atoms. The number of rotatable bonds is 1. The Bertz CT molecular complexity index is 390. The van der Waals surface area contributed by atoms with E-state index in [1.54, 1.807) is 11.0 Å². The molecule has 1 N–H and O–H groups in total. The minimum Gasteiger partial charge on any atom is -0.409 e. The first-order chi connectivity index (χ1) is 8.27. The molecule has 1 amide bonds. The summed E-state index contributed by atoms with van der Waals surface area (Å²) in [5.74, 6) is 0.565. The lowest BCUT2D eigenvalue weighted by Crippen LogP contribution is -2.36. The van der Waals surface area contributed by atoms with Crippen LogP contribution in [0.1, 0.15) is 6.42 Å². The second-order valence-corrected chi connectivity index (χ2v) is 4.74. The van der Waals surface area contributed by atoms with E-state index in [0.717, 1.165) is 30.5 Å². The fraction of sp³-hybridized carbons (Fsp3) is 0.417. The zero-order valence-electron chi connectivity index (χ0n) is 9.49. The molecule has 0 saturated carbocycles. The van der Waals surface area contributed by atoms with Crippen LogP contribution in [0.2, 0.25) is 0 Å². The van der Waals surface area contributed by atoms with Crippen LogP contribution in [0.15, 0.2) is 28.7 Å². The second-order valence-electron chi connectivity index (χ2n) is 3.89. The number of carbonyl (C=O) groups excluding carboxylic acids is 1. The van der Waals surface area contributed by atoms with Crippen LogP contribution < -0.4 is 10.1 Å². The van der Waals surface area contributed by atoms with Gasteiger partial charge in [-0.3, -0.25) is 0 Å². The Hall–Kier alpha value is -1.07. The summed E-state index contributed by atoms with van der Waals surface area (Å²) < 4.78 is 6.15. The quantitative estimate of drug-likeness (QED) is 0.864. The van der Waals surface area contributed by atoms with E-state index in [1.807, 2.05) is 18.2 Å². The third kappa shape index (κ3) is 3.44. The Morgan fingerprint density at radius 2 is 2.12 bits per heavy atom. The van der Waals surface area contributed by atoms with E-state index in [-0.39, 0.29) is 6.09 Å². The predicted octanol–water partition coefficient (Wildman–Crippen LogP) is 2.24. The van der Waals surface area contributed by atoms with Crippen molar-refractivity contribution >= 4 is 22.0 Å². The number of hydrogen-bond acceptors (Lipinski definition) is 3. The highest BCUT2D eigenvalue weighted by atomic mass is 79.9. The molecule has 0 radical (unpaired) electrons. The molecule has 0 unspecified atom stereocenters. The van der Waals surface area contributed by atoms with Gasteiger partial charge in [-0.2, -0.15) is 0 Å². The number of para-hydroxylation sites is 1. The molecule has 1 aliphatic heterocycles. The molecule has 1 saturated heterocycles. The number of ether oxygens (including phenoxy) is 1. The number of amides is 1. The molecule has 17 heavy (non-hydrogen) atoms. The summed E-state index contributed by atoms with van der Waals surface area (Å²) in [6, 6.07) is 7.36. The zero-order chi connectivity index (χ0) is 12.1. The van der Waals surface area contributed by atoms with Gasteiger partial charge in [-0.15, -0.1) is 0 Å². The van der Waals surface area contributed by atoms with Gasteiger partial charge >= 0.3 is 6.09 Å². The van der Waals surface area contributed by atoms with Crippen LogP contribution in [0.4, 0.5) is 4.79 Å². The van der Waals surface area contributed by atoms with Crippen LogP contribution in [-0.2, 0) is 0 Å². The Morgan fingerprint density at radius 3 is 2.94 bits per heavy atom. The van der Waals surface area contributed by atoms with E-state index in [9.17, 15) is 4.79 Å². The highest BCUT2D eigenvalue weighted by Crippen LogP contribution is 2.24. The average Bonchev–Trinajstić information content (AvgIpc) is 2.61. The van der Waals surface area contributed by atoms with Gasteiger partial charge in [0, 0.05) is 19.6 Å². The lowest BCUT2D eigenvalue weighted by atomic mass is 10.3. The van der Waals surface area contributed by atoms with Crippen molar-refractivity contribution in [2.45, 2.75) is 6.42 Å². The van der Waals surface area contributed by atoms with E-state index in [1.165, 1.54) is 0 Å². The first-order valence-electron chi connectivity index (χ1n) is 5.69. The number of nitrogens with zero attached hydrogens (tertiary/aromatic N) is 1. The van der Waals surface area contributed by atoms with Gasteiger partial charge in [-0.1, -0.05) is 12.1 Å². The smallest absolute Gasteiger partial charge is 0.409 e. The Labute approximate surface area is 109 Å². The SMILES string of the molecule is O=C(Oc1ccccc1Br)N1CCCNCC1. The molecule has 0 aliphatic carbocycles. The summed E-state index contributed by atoms with van der Waals surface area (Å²) in [4.78, 5) is 13.7. The molecular formula is C12H15BrN2O2. The standard InChI is InChI=1S/C12H15BrN2O2/c13-10-4-1-2-5-11(10)17-12(16)15-8-3-6-14-7-9-15/h1-2,4-5,14H,3,6-9H2. The Balaban J connectivity index is 1.98. The third-order valence-corrected chi connectivity index (χ3v) is 3.29. The van der Waals surface area contributed by atoms with Gasteiger partial charge in [0.15, 0.2) is 0 Å². The fourth-order valence-corrected chi connectivity index (χ4v) is 2.08. The van der Waals surface area contributed by atoms with E-state index in [4.69, 9.17) is 4.74 Å². The molecular weight excluding hydrogens is 284 g/mol. The lowest BCUT2D eigenvalue weighted by molar-refractivity contribution is 0.155. The van der Waals surface area contributed by atoms with E-state index >= 15 is 0 Å². The van der Waals surface area contributed by atoms with Gasteiger partial charge in [0.2, 0.25) is 0 Å². The molecule has 1 aromatic carbocycles. The first-order valence-corrected chi connectivity index (χ1v) is 6.48. The maximum absolute atomic E-state index is 11.9. The minimum atomic E-state index is -0.277. The van der Waals surface area contributed by atoms with Crippen molar-refractivity contribution in [3.63, 3.8) is 0 Å². The molecule has 1 heterocycles. The van der Waals surface area contributed by atoms with Crippen LogP contribution in [0.3, 0.4) is 0 Å². The van der Waals surface area contributed by atoms with Gasteiger partial charge < -0.3 is 15.0 Å². The van der Waals surface area contributed by atoms with Gasteiger partial charge in [-0.05, 0) is 41.0 Å². The van der Waals surface area contributed by atoms with E-state index < -0.39 is 0 Å². The number of hydrogen-bond donors (Lipinski definition) is 1. The fourth-order valence-electron chi connectivity index (χ4n) is 1.71. The predicted molar refractivity (Wildman–Crippen MR) is 69.2 cm³/mol. The van der Waals surface area contributed by atoms with Crippen molar-refractivity contribution in [2.24, 2.45) is 0 Å². The van der Waals surface area contributed by atoms with Gasteiger partial charge in [0.1, 0.15) is 5.75 Å². The topological polar surface area (TPSA) is 41.6 Å². The molecule has 0 spiro atoms. The van der Waals surface area contributed by atoms with Gasteiger partial charge in [-0.25, -0.2) is 4.79 Å². The van der Waals surface area contributed by atoms with Crippen molar-refractivity contribution < 1.29 is 9.53 Å². The summed E-state index contributed by atoms with van der Waals surface area (Å²) in [6.07, 6.45) is 0.686. The lowest BCUT2D eigenvalue weighted by Gasteiger charge is -2.19. The maximum atomic E-state index is 11.9. The third-order valence-electron chi connectivity index (χ3n) is 2.63. The second kappa shape index (κ2) is 6.02. The molecule has 2 rings (SSSR count). The van der Waals surface area contributed by atoms with Crippen molar-refractivity contribution in [2.75, 3.05) is 26.2 Å². The largest absolute Gasteiger partial charge is 0.415 e. The monoisotopic (exact) mass is 298 g/mol. The van der Waals surface area contributed by atoms with Crippen LogP contribution in [0.5, 0.6) is 5.75 Å². The van der Waals surface area contributed by atoms with Crippen LogP contribution in [0.25, 0.3) is 0 Å². The van der Waals surface area contributed by atoms with Crippen LogP contribution in [0, 0.1) is 0 Å². The van der Waals surface area contributed by atoms with Crippen molar-refractivity contribution in [3.05, 3.63) is 28.7 Å². The molecule has 92 valence electrons. The summed E-state index contributed by atoms with van der Waals surface area (Å²) in [6.45, 7) is 3.23. The maximum Gasteiger partial charge on any atom is 0.415 e. The Morgan fingerprint density at radius 1 is 1.29 bits per heavy atom. The van der Waals surface area contributed by atoms with Crippen molar-refractivity contribution in [1.82, 2.24) is 10.2 Å². The molecule has 5 heteroatoms. The summed E-state index contributed by atoms with van der Waals surface area (Å²) in [5, 5.41) is 3.25. The van der Waals surface area contributed by atoms with Gasteiger partial charge in [0.25, 0.3) is 0 Å². The molecule has 1 aromatic rings. The summed E-state index contributed by atoms with van der Waals surface area (Å²) >= 11 is 3.36. The van der Waals surface area contributed by atoms with Crippen molar-refractivity contribution in [3.8, 4) is 5.75 Å². The number of benzene rings is 1. The van der Waals surface area contributed by atoms with E-state index in [2.05, 4.69) is 21.2 Å². The summed E-state index contributed by atoms with van der Waals surface area (Å²) in [7, 11) is 0. The van der Waals surface area contributed by atoms with Gasteiger partial charge in [0.05, 0.1) is 4.47 Å². The zero-order valence-corrected chi connectivity index (χ0v) is 11.1. The average molecular weight is 299 g/mol. The number of halogens is 1. The number of nitrogens with one attached hydrogen (secondary N) is 1. The normalized spacial score (nSPS) is 16.4. The van der Waals surface area contributed by atoms with Crippen LogP contribution >= 0.6 is 15.9 Å². The molecule has 0 atom stereocenters. The van der Waals surface area contributed by atoms with E-state index in [0.29, 0.717) is 12.3 Å². The highest BCUT2D eigenvalue weighted by Gasteiger charge is 2.17. The molecule has 0 aromatic heterocycles. The molecule has 1 fully saturated rings.